The standard InChI is InChI=1S/C14H19BrN2O2/c1-5-6-11(10-7-8-16-12(15)9-10)17(13(18)19)14(2,3)4/h5,7-9,11H,1,6H2,2-4H3,(H,18,19). The van der Waals surface area contributed by atoms with Crippen molar-refractivity contribution in [2.24, 2.45) is 0 Å². The van der Waals surface area contributed by atoms with E-state index in [0.717, 1.165) is 5.56 Å². The van der Waals surface area contributed by atoms with Gasteiger partial charge in [0, 0.05) is 11.7 Å². The largest absolute Gasteiger partial charge is 0.465 e. The molecule has 0 aliphatic carbocycles. The topological polar surface area (TPSA) is 53.4 Å². The van der Waals surface area contributed by atoms with Crippen LogP contribution in [0.1, 0.15) is 38.8 Å². The predicted molar refractivity (Wildman–Crippen MR) is 79.1 cm³/mol. The molecule has 0 saturated carbocycles. The number of hydrogen-bond acceptors (Lipinski definition) is 2. The smallest absolute Gasteiger partial charge is 0.408 e. The number of hydrogen-bond donors (Lipinski definition) is 1. The molecule has 1 unspecified atom stereocenters. The van der Waals surface area contributed by atoms with Crippen LogP contribution < -0.4 is 0 Å². The number of amides is 1. The van der Waals surface area contributed by atoms with E-state index in [0.29, 0.717) is 11.0 Å². The average Bonchev–Trinajstić information content (AvgIpc) is 2.26. The maximum absolute atomic E-state index is 11.6. The van der Waals surface area contributed by atoms with Gasteiger partial charge in [0.15, 0.2) is 0 Å². The highest BCUT2D eigenvalue weighted by atomic mass is 79.9. The Morgan fingerprint density at radius 1 is 1.63 bits per heavy atom. The van der Waals surface area contributed by atoms with E-state index in [9.17, 15) is 9.90 Å². The minimum absolute atomic E-state index is 0.269. The summed E-state index contributed by atoms with van der Waals surface area (Å²) in [4.78, 5) is 17.1. The molecule has 0 aromatic carbocycles. The maximum atomic E-state index is 11.6. The molecule has 0 fully saturated rings. The minimum atomic E-state index is -0.938. The molecular formula is C14H19BrN2O2. The first-order chi connectivity index (χ1) is 8.77. The van der Waals surface area contributed by atoms with E-state index in [2.05, 4.69) is 27.5 Å². The fourth-order valence-corrected chi connectivity index (χ4v) is 2.44. The lowest BCUT2D eigenvalue weighted by atomic mass is 9.97. The first kappa shape index (κ1) is 15.7. The predicted octanol–water partition coefficient (Wildman–Crippen LogP) is 4.24. The van der Waals surface area contributed by atoms with Gasteiger partial charge < -0.3 is 5.11 Å². The summed E-state index contributed by atoms with van der Waals surface area (Å²) in [5.41, 5.74) is 0.411. The van der Waals surface area contributed by atoms with Crippen molar-refractivity contribution in [1.82, 2.24) is 9.88 Å². The van der Waals surface area contributed by atoms with E-state index in [4.69, 9.17) is 0 Å². The minimum Gasteiger partial charge on any atom is -0.465 e. The third kappa shape index (κ3) is 4.06. The molecule has 1 aromatic heterocycles. The van der Waals surface area contributed by atoms with E-state index in [1.165, 1.54) is 4.90 Å². The normalized spacial score (nSPS) is 12.8. The molecule has 0 saturated heterocycles. The van der Waals surface area contributed by atoms with Crippen LogP contribution in [0.4, 0.5) is 4.79 Å². The zero-order valence-electron chi connectivity index (χ0n) is 11.4. The van der Waals surface area contributed by atoms with Gasteiger partial charge in [0.1, 0.15) is 4.60 Å². The van der Waals surface area contributed by atoms with E-state index in [1.54, 1.807) is 12.3 Å². The van der Waals surface area contributed by atoms with Crippen LogP contribution in [0, 0.1) is 0 Å². The second kappa shape index (κ2) is 6.19. The number of aromatic nitrogens is 1. The van der Waals surface area contributed by atoms with Crippen molar-refractivity contribution in [2.45, 2.75) is 38.8 Å². The summed E-state index contributed by atoms with van der Waals surface area (Å²) in [7, 11) is 0. The second-order valence-electron chi connectivity index (χ2n) is 5.28. The number of rotatable bonds is 4. The number of halogens is 1. The Bertz CT molecular complexity index is 469. The van der Waals surface area contributed by atoms with Gasteiger partial charge in [-0.3, -0.25) is 4.90 Å². The van der Waals surface area contributed by atoms with Crippen molar-refractivity contribution in [3.8, 4) is 0 Å². The van der Waals surface area contributed by atoms with E-state index >= 15 is 0 Å². The van der Waals surface area contributed by atoms with Gasteiger partial charge in [0.05, 0.1) is 6.04 Å². The van der Waals surface area contributed by atoms with Crippen LogP contribution in [-0.2, 0) is 0 Å². The molecule has 0 bridgehead atoms. The molecular weight excluding hydrogens is 308 g/mol. The van der Waals surface area contributed by atoms with Crippen LogP contribution in [0.15, 0.2) is 35.6 Å². The van der Waals surface area contributed by atoms with Crippen LogP contribution in [0.3, 0.4) is 0 Å². The molecule has 1 heterocycles. The monoisotopic (exact) mass is 326 g/mol. The van der Waals surface area contributed by atoms with Gasteiger partial charge in [0.25, 0.3) is 0 Å². The highest BCUT2D eigenvalue weighted by Gasteiger charge is 2.33. The summed E-state index contributed by atoms with van der Waals surface area (Å²) in [5.74, 6) is 0. The summed E-state index contributed by atoms with van der Waals surface area (Å²) in [6.45, 7) is 9.37. The zero-order valence-corrected chi connectivity index (χ0v) is 13.0. The maximum Gasteiger partial charge on any atom is 0.408 e. The number of carboxylic acid groups (broad SMARTS) is 1. The quantitative estimate of drug-likeness (QED) is 0.665. The Morgan fingerprint density at radius 3 is 2.68 bits per heavy atom. The van der Waals surface area contributed by atoms with Crippen LogP contribution in [0.5, 0.6) is 0 Å². The summed E-state index contributed by atoms with van der Waals surface area (Å²) in [5, 5.41) is 9.50. The SMILES string of the molecule is C=CCC(c1ccnc(Br)c1)N(C(=O)O)C(C)(C)C. The summed E-state index contributed by atoms with van der Waals surface area (Å²) >= 11 is 3.32. The van der Waals surface area contributed by atoms with Gasteiger partial charge >= 0.3 is 6.09 Å². The molecule has 1 amide bonds. The number of carbonyl (C=O) groups is 1. The van der Waals surface area contributed by atoms with Gasteiger partial charge in [0.2, 0.25) is 0 Å². The molecule has 1 rings (SSSR count). The van der Waals surface area contributed by atoms with Crippen LogP contribution in [0.25, 0.3) is 0 Å². The first-order valence-electron chi connectivity index (χ1n) is 6.02. The molecule has 0 spiro atoms. The van der Waals surface area contributed by atoms with Crippen molar-refractivity contribution >= 4 is 22.0 Å². The van der Waals surface area contributed by atoms with Gasteiger partial charge in [-0.2, -0.15) is 0 Å². The Balaban J connectivity index is 3.25. The molecule has 1 atom stereocenters. The van der Waals surface area contributed by atoms with E-state index in [1.807, 2.05) is 32.9 Å². The van der Waals surface area contributed by atoms with Crippen LogP contribution in [0.2, 0.25) is 0 Å². The molecule has 104 valence electrons. The Kier molecular flexibility index (Phi) is 5.11. The average molecular weight is 327 g/mol. The lowest BCUT2D eigenvalue weighted by molar-refractivity contribution is 0.0704. The third-order valence-electron chi connectivity index (χ3n) is 2.77. The fourth-order valence-electron chi connectivity index (χ4n) is 2.06. The molecule has 1 aromatic rings. The van der Waals surface area contributed by atoms with Crippen molar-refractivity contribution in [3.05, 3.63) is 41.2 Å². The number of pyridine rings is 1. The van der Waals surface area contributed by atoms with E-state index in [-0.39, 0.29) is 6.04 Å². The van der Waals surface area contributed by atoms with Crippen molar-refractivity contribution in [2.75, 3.05) is 0 Å². The highest BCUT2D eigenvalue weighted by molar-refractivity contribution is 9.10. The summed E-state index contributed by atoms with van der Waals surface area (Å²) in [6.07, 6.45) is 3.02. The highest BCUT2D eigenvalue weighted by Crippen LogP contribution is 2.32. The fraction of sp³-hybridized carbons (Fsp3) is 0.429. The van der Waals surface area contributed by atoms with E-state index < -0.39 is 11.6 Å². The van der Waals surface area contributed by atoms with Gasteiger partial charge in [-0.15, -0.1) is 6.58 Å². The van der Waals surface area contributed by atoms with Gasteiger partial charge in [-0.1, -0.05) is 6.08 Å². The molecule has 0 radical (unpaired) electrons. The molecule has 0 aliphatic heterocycles. The van der Waals surface area contributed by atoms with Crippen molar-refractivity contribution < 1.29 is 9.90 Å². The Hall–Kier alpha value is -1.36. The molecule has 0 aliphatic rings. The van der Waals surface area contributed by atoms with Crippen LogP contribution in [-0.4, -0.2) is 26.6 Å². The first-order valence-corrected chi connectivity index (χ1v) is 6.81. The Labute approximate surface area is 122 Å². The lowest BCUT2D eigenvalue weighted by Gasteiger charge is -2.39. The lowest BCUT2D eigenvalue weighted by Crippen LogP contribution is -2.47. The zero-order chi connectivity index (χ0) is 14.6. The van der Waals surface area contributed by atoms with Crippen LogP contribution >= 0.6 is 15.9 Å². The summed E-state index contributed by atoms with van der Waals surface area (Å²) in [6, 6.07) is 3.41. The molecule has 1 N–H and O–H groups in total. The van der Waals surface area contributed by atoms with Gasteiger partial charge in [-0.05, 0) is 60.8 Å². The van der Waals surface area contributed by atoms with Crippen molar-refractivity contribution in [3.63, 3.8) is 0 Å². The van der Waals surface area contributed by atoms with Crippen molar-refractivity contribution in [1.29, 1.82) is 0 Å². The summed E-state index contributed by atoms with van der Waals surface area (Å²) < 4.78 is 0.693. The Morgan fingerprint density at radius 2 is 2.26 bits per heavy atom. The molecule has 19 heavy (non-hydrogen) atoms. The molecule has 4 nitrogen and oxygen atoms in total. The third-order valence-corrected chi connectivity index (χ3v) is 3.20. The number of nitrogens with zero attached hydrogens (tertiary/aromatic N) is 2. The molecule has 5 heteroatoms. The second-order valence-corrected chi connectivity index (χ2v) is 6.09. The van der Waals surface area contributed by atoms with Gasteiger partial charge in [-0.25, -0.2) is 9.78 Å².